The van der Waals surface area contributed by atoms with Crippen LogP contribution in [0.5, 0.6) is 0 Å². The minimum Gasteiger partial charge on any atom is -0.294 e. The van der Waals surface area contributed by atoms with Gasteiger partial charge in [-0.05, 0) is 30.4 Å². The lowest BCUT2D eigenvalue weighted by molar-refractivity contribution is 0.0855. The van der Waals surface area contributed by atoms with E-state index in [0.717, 1.165) is 24.8 Å². The molecule has 1 heteroatoms. The lowest BCUT2D eigenvalue weighted by atomic mass is 9.80. The highest BCUT2D eigenvalue weighted by atomic mass is 16.1. The summed E-state index contributed by atoms with van der Waals surface area (Å²) in [7, 11) is 0. The van der Waals surface area contributed by atoms with Gasteiger partial charge < -0.3 is 0 Å². The smallest absolute Gasteiger partial charge is 0.165 e. The molecule has 0 aliphatic heterocycles. The summed E-state index contributed by atoms with van der Waals surface area (Å²) < 4.78 is 0. The Balaban J connectivity index is 1.70. The largest absolute Gasteiger partial charge is 0.294 e. The summed E-state index contributed by atoms with van der Waals surface area (Å²) in [6.07, 6.45) is 4.29. The van der Waals surface area contributed by atoms with Crippen LogP contribution in [0.15, 0.2) is 54.6 Å². The van der Waals surface area contributed by atoms with Gasteiger partial charge >= 0.3 is 0 Å². The molecule has 0 unspecified atom stereocenters. The Bertz CT molecular complexity index is 550. The van der Waals surface area contributed by atoms with E-state index in [1.165, 1.54) is 17.5 Å². The minimum absolute atomic E-state index is 0.292. The molecule has 19 heavy (non-hydrogen) atoms. The van der Waals surface area contributed by atoms with Gasteiger partial charge in [0.2, 0.25) is 0 Å². The van der Waals surface area contributed by atoms with Crippen molar-refractivity contribution >= 4 is 5.78 Å². The maximum atomic E-state index is 12.1. The Morgan fingerprint density at radius 2 is 1.53 bits per heavy atom. The first kappa shape index (κ1) is 12.2. The van der Waals surface area contributed by atoms with Crippen LogP contribution in [0.4, 0.5) is 0 Å². The Hall–Kier alpha value is -1.89. The predicted molar refractivity (Wildman–Crippen MR) is 77.4 cm³/mol. The molecule has 1 fully saturated rings. The molecule has 1 aliphatic carbocycles. The Labute approximate surface area is 114 Å². The van der Waals surface area contributed by atoms with E-state index in [1.54, 1.807) is 0 Å². The highest BCUT2D eigenvalue weighted by Gasteiger charge is 2.25. The van der Waals surface area contributed by atoms with Crippen molar-refractivity contribution in [1.29, 1.82) is 0 Å². The zero-order valence-electron chi connectivity index (χ0n) is 11.0. The van der Waals surface area contributed by atoms with Crippen molar-refractivity contribution in [2.24, 2.45) is 5.92 Å². The van der Waals surface area contributed by atoms with E-state index in [-0.39, 0.29) is 0 Å². The van der Waals surface area contributed by atoms with Gasteiger partial charge in [0.05, 0.1) is 0 Å². The van der Waals surface area contributed by atoms with Crippen LogP contribution in [-0.4, -0.2) is 5.78 Å². The molecule has 0 atom stereocenters. The summed E-state index contributed by atoms with van der Waals surface area (Å²) in [5.74, 6) is 0.623. The van der Waals surface area contributed by atoms with Gasteiger partial charge in [-0.1, -0.05) is 61.0 Å². The maximum absolute atomic E-state index is 12.1. The molecule has 0 radical (unpaired) electrons. The van der Waals surface area contributed by atoms with Crippen molar-refractivity contribution in [1.82, 2.24) is 0 Å². The van der Waals surface area contributed by atoms with E-state index in [1.807, 2.05) is 18.2 Å². The molecule has 0 spiro atoms. The second-order valence-corrected chi connectivity index (χ2v) is 5.35. The van der Waals surface area contributed by atoms with Crippen LogP contribution in [-0.2, 0) is 6.42 Å². The van der Waals surface area contributed by atoms with E-state index in [0.29, 0.717) is 11.7 Å². The summed E-state index contributed by atoms with van der Waals surface area (Å²) in [5, 5.41) is 0. The molecular weight excluding hydrogens is 232 g/mol. The quantitative estimate of drug-likeness (QED) is 0.741. The fraction of sp³-hybridized carbons (Fsp3) is 0.278. The standard InChI is InChI=1S/C18H18O/c19-18(16-7-4-8-16)17-11-9-15(10-12-17)13-14-5-2-1-3-6-14/h1-3,5-6,9-12,16H,4,7-8,13H2. The van der Waals surface area contributed by atoms with Crippen molar-refractivity contribution in [2.75, 3.05) is 0 Å². The number of carbonyl (C=O) groups excluding carboxylic acids is 1. The number of Topliss-reactive ketones (excluding diaryl/α,β-unsaturated/α-hetero) is 1. The molecule has 0 aromatic heterocycles. The number of hydrogen-bond acceptors (Lipinski definition) is 1. The summed E-state index contributed by atoms with van der Waals surface area (Å²) in [4.78, 5) is 12.1. The van der Waals surface area contributed by atoms with E-state index in [2.05, 4.69) is 36.4 Å². The number of benzene rings is 2. The fourth-order valence-electron chi connectivity index (χ4n) is 2.52. The average Bonchev–Trinajstić information content (AvgIpc) is 2.39. The van der Waals surface area contributed by atoms with Crippen LogP contribution in [0.25, 0.3) is 0 Å². The zero-order chi connectivity index (χ0) is 13.1. The normalized spacial score (nSPS) is 14.9. The lowest BCUT2D eigenvalue weighted by Gasteiger charge is -2.23. The van der Waals surface area contributed by atoms with Crippen LogP contribution in [0, 0.1) is 5.92 Å². The number of carbonyl (C=O) groups is 1. The SMILES string of the molecule is O=C(c1ccc(Cc2ccccc2)cc1)C1CCC1. The first-order chi connectivity index (χ1) is 9.33. The number of ketones is 1. The van der Waals surface area contributed by atoms with Gasteiger partial charge in [0.25, 0.3) is 0 Å². The van der Waals surface area contributed by atoms with E-state index < -0.39 is 0 Å². The van der Waals surface area contributed by atoms with Crippen molar-refractivity contribution in [3.05, 3.63) is 71.3 Å². The zero-order valence-corrected chi connectivity index (χ0v) is 11.0. The van der Waals surface area contributed by atoms with Crippen molar-refractivity contribution in [3.8, 4) is 0 Å². The molecule has 0 amide bonds. The van der Waals surface area contributed by atoms with Gasteiger partial charge in [-0.3, -0.25) is 4.79 Å². The molecule has 1 nitrogen and oxygen atoms in total. The topological polar surface area (TPSA) is 17.1 Å². The molecule has 0 bridgehead atoms. The highest BCUT2D eigenvalue weighted by Crippen LogP contribution is 2.29. The molecule has 3 rings (SSSR count). The van der Waals surface area contributed by atoms with E-state index >= 15 is 0 Å². The second kappa shape index (κ2) is 5.40. The summed E-state index contributed by atoms with van der Waals surface area (Å²) in [6.45, 7) is 0. The third-order valence-corrected chi connectivity index (χ3v) is 3.97. The van der Waals surface area contributed by atoms with Crippen LogP contribution in [0.2, 0.25) is 0 Å². The molecule has 1 aliphatic rings. The van der Waals surface area contributed by atoms with E-state index in [4.69, 9.17) is 0 Å². The second-order valence-electron chi connectivity index (χ2n) is 5.35. The van der Waals surface area contributed by atoms with Crippen LogP contribution < -0.4 is 0 Å². The predicted octanol–water partition coefficient (Wildman–Crippen LogP) is 4.26. The monoisotopic (exact) mass is 250 g/mol. The highest BCUT2D eigenvalue weighted by molar-refractivity contribution is 5.98. The molecule has 2 aromatic rings. The van der Waals surface area contributed by atoms with Crippen molar-refractivity contribution in [3.63, 3.8) is 0 Å². The van der Waals surface area contributed by atoms with Gasteiger partial charge in [0.1, 0.15) is 0 Å². The summed E-state index contributed by atoms with van der Waals surface area (Å²) >= 11 is 0. The van der Waals surface area contributed by atoms with Crippen molar-refractivity contribution in [2.45, 2.75) is 25.7 Å². The molecular formula is C18H18O. The molecule has 1 saturated carbocycles. The van der Waals surface area contributed by atoms with Crippen LogP contribution in [0.3, 0.4) is 0 Å². The minimum atomic E-state index is 0.292. The van der Waals surface area contributed by atoms with Gasteiger partial charge in [-0.25, -0.2) is 0 Å². The molecule has 0 saturated heterocycles. The molecule has 0 N–H and O–H groups in total. The first-order valence-electron chi connectivity index (χ1n) is 7.00. The summed E-state index contributed by atoms with van der Waals surface area (Å²) in [6, 6.07) is 18.5. The van der Waals surface area contributed by atoms with Gasteiger partial charge in [0, 0.05) is 11.5 Å². The van der Waals surface area contributed by atoms with Crippen LogP contribution >= 0.6 is 0 Å². The third kappa shape index (κ3) is 2.76. The Morgan fingerprint density at radius 1 is 0.895 bits per heavy atom. The maximum Gasteiger partial charge on any atom is 0.165 e. The lowest BCUT2D eigenvalue weighted by Crippen LogP contribution is -2.21. The van der Waals surface area contributed by atoms with Gasteiger partial charge in [-0.15, -0.1) is 0 Å². The molecule has 0 heterocycles. The average molecular weight is 250 g/mol. The number of rotatable bonds is 4. The Morgan fingerprint density at radius 3 is 2.11 bits per heavy atom. The van der Waals surface area contributed by atoms with Crippen molar-refractivity contribution < 1.29 is 4.79 Å². The first-order valence-corrected chi connectivity index (χ1v) is 7.00. The van der Waals surface area contributed by atoms with Gasteiger partial charge in [-0.2, -0.15) is 0 Å². The van der Waals surface area contributed by atoms with Gasteiger partial charge in [0.15, 0.2) is 5.78 Å². The third-order valence-electron chi connectivity index (χ3n) is 3.97. The molecule has 96 valence electrons. The fourth-order valence-corrected chi connectivity index (χ4v) is 2.52. The summed E-state index contributed by atoms with van der Waals surface area (Å²) in [5.41, 5.74) is 3.44. The van der Waals surface area contributed by atoms with Crippen LogP contribution in [0.1, 0.15) is 40.7 Å². The molecule has 2 aromatic carbocycles. The van der Waals surface area contributed by atoms with E-state index in [9.17, 15) is 4.79 Å². The number of hydrogen-bond donors (Lipinski definition) is 0. The Kier molecular flexibility index (Phi) is 3.45.